The molecule has 1 aliphatic heterocycles. The number of aromatic nitrogens is 1. The fourth-order valence-electron chi connectivity index (χ4n) is 3.64. The van der Waals surface area contributed by atoms with Crippen molar-refractivity contribution in [3.63, 3.8) is 0 Å². The van der Waals surface area contributed by atoms with E-state index in [9.17, 15) is 13.2 Å². The first-order valence-corrected chi connectivity index (χ1v) is 12.1. The number of anilines is 2. The molecule has 0 spiro atoms. The van der Waals surface area contributed by atoms with E-state index in [2.05, 4.69) is 4.98 Å². The number of aryl methyl sites for hydroxylation is 1. The van der Waals surface area contributed by atoms with Crippen molar-refractivity contribution in [2.75, 3.05) is 18.0 Å². The van der Waals surface area contributed by atoms with E-state index in [1.807, 2.05) is 42.6 Å². The minimum atomic E-state index is -3.63. The van der Waals surface area contributed by atoms with Crippen LogP contribution in [0.2, 0.25) is 0 Å². The fourth-order valence-corrected chi connectivity index (χ4v) is 6.01. The van der Waals surface area contributed by atoms with E-state index in [-0.39, 0.29) is 17.3 Å². The number of carbonyl (C=O) groups excluding carboxylic acids is 1. The van der Waals surface area contributed by atoms with Crippen molar-refractivity contribution in [2.45, 2.75) is 24.7 Å². The Balaban J connectivity index is 1.62. The van der Waals surface area contributed by atoms with Crippen LogP contribution < -0.4 is 4.90 Å². The molecule has 30 heavy (non-hydrogen) atoms. The molecule has 2 heterocycles. The molecule has 1 amide bonds. The quantitative estimate of drug-likeness (QED) is 0.594. The average molecular weight is 442 g/mol. The largest absolute Gasteiger partial charge is 0.274 e. The van der Waals surface area contributed by atoms with Crippen LogP contribution >= 0.6 is 11.3 Å². The third kappa shape index (κ3) is 4.16. The molecule has 0 N–H and O–H groups in total. The lowest BCUT2D eigenvalue weighted by atomic mass is 9.98. The van der Waals surface area contributed by atoms with Gasteiger partial charge in [0.05, 0.1) is 22.2 Å². The lowest BCUT2D eigenvalue weighted by molar-refractivity contribution is -0.122. The van der Waals surface area contributed by atoms with Crippen LogP contribution in [0.1, 0.15) is 18.5 Å². The van der Waals surface area contributed by atoms with Crippen LogP contribution in [0.25, 0.3) is 0 Å². The Labute approximate surface area is 180 Å². The van der Waals surface area contributed by atoms with Gasteiger partial charge in [0.25, 0.3) is 0 Å². The molecule has 1 fully saturated rings. The van der Waals surface area contributed by atoms with Gasteiger partial charge in [-0.1, -0.05) is 36.4 Å². The van der Waals surface area contributed by atoms with Gasteiger partial charge in [0.15, 0.2) is 5.13 Å². The number of piperidine rings is 1. The molecule has 156 valence electrons. The summed E-state index contributed by atoms with van der Waals surface area (Å²) < 4.78 is 27.6. The summed E-state index contributed by atoms with van der Waals surface area (Å²) in [5, 5.41) is 2.51. The molecule has 1 unspecified atom stereocenters. The molecule has 0 bridgehead atoms. The topological polar surface area (TPSA) is 70.6 Å². The number of para-hydroxylation sites is 1. The lowest BCUT2D eigenvalue weighted by Crippen LogP contribution is -2.45. The molecule has 1 atom stereocenters. The van der Waals surface area contributed by atoms with Crippen LogP contribution in [0, 0.1) is 12.8 Å². The monoisotopic (exact) mass is 441 g/mol. The van der Waals surface area contributed by atoms with Crippen molar-refractivity contribution in [2.24, 2.45) is 5.92 Å². The van der Waals surface area contributed by atoms with Crippen LogP contribution in [-0.2, 0) is 14.8 Å². The van der Waals surface area contributed by atoms with Crippen molar-refractivity contribution >= 4 is 38.1 Å². The Morgan fingerprint density at radius 3 is 2.40 bits per heavy atom. The second-order valence-corrected chi connectivity index (χ2v) is 10.1. The first kappa shape index (κ1) is 20.7. The zero-order valence-electron chi connectivity index (χ0n) is 16.6. The lowest BCUT2D eigenvalue weighted by Gasteiger charge is -2.33. The number of hydrogen-bond donors (Lipinski definition) is 0. The van der Waals surface area contributed by atoms with Crippen LogP contribution in [-0.4, -0.2) is 36.7 Å². The Morgan fingerprint density at radius 2 is 1.77 bits per heavy atom. The van der Waals surface area contributed by atoms with Gasteiger partial charge in [-0.3, -0.25) is 9.69 Å². The highest BCUT2D eigenvalue weighted by atomic mass is 32.2. The fraction of sp³-hybridized carbons (Fsp3) is 0.273. The van der Waals surface area contributed by atoms with Crippen LogP contribution in [0.5, 0.6) is 0 Å². The maximum Gasteiger partial charge on any atom is 0.243 e. The smallest absolute Gasteiger partial charge is 0.243 e. The predicted molar refractivity (Wildman–Crippen MR) is 118 cm³/mol. The zero-order valence-corrected chi connectivity index (χ0v) is 18.3. The van der Waals surface area contributed by atoms with E-state index >= 15 is 0 Å². The van der Waals surface area contributed by atoms with Crippen molar-refractivity contribution < 1.29 is 13.2 Å². The molecule has 0 radical (unpaired) electrons. The number of rotatable bonds is 5. The first-order valence-electron chi connectivity index (χ1n) is 9.83. The van der Waals surface area contributed by atoms with Crippen molar-refractivity contribution in [3.8, 4) is 0 Å². The van der Waals surface area contributed by atoms with Gasteiger partial charge in [0.1, 0.15) is 0 Å². The Kier molecular flexibility index (Phi) is 5.99. The molecule has 4 rings (SSSR count). The number of carbonyl (C=O) groups is 1. The summed E-state index contributed by atoms with van der Waals surface area (Å²) in [7, 11) is -3.63. The minimum absolute atomic E-state index is 0.122. The number of thiazole rings is 1. The molecule has 2 aromatic carbocycles. The van der Waals surface area contributed by atoms with Crippen LogP contribution in [0.15, 0.2) is 70.9 Å². The Bertz CT molecular complexity index is 1110. The summed E-state index contributed by atoms with van der Waals surface area (Å²) in [6.07, 6.45) is 1.29. The van der Waals surface area contributed by atoms with Gasteiger partial charge in [-0.2, -0.15) is 4.31 Å². The highest BCUT2D eigenvalue weighted by Crippen LogP contribution is 2.33. The molecule has 8 heteroatoms. The number of sulfonamides is 1. The number of benzene rings is 2. The van der Waals surface area contributed by atoms with Gasteiger partial charge in [-0.05, 0) is 44.0 Å². The average Bonchev–Trinajstić information content (AvgIpc) is 3.21. The number of nitrogens with zero attached hydrogens (tertiary/aromatic N) is 3. The molecular weight excluding hydrogens is 418 g/mol. The van der Waals surface area contributed by atoms with Gasteiger partial charge in [0, 0.05) is 18.5 Å². The highest BCUT2D eigenvalue weighted by molar-refractivity contribution is 7.89. The van der Waals surface area contributed by atoms with E-state index < -0.39 is 15.9 Å². The standard InChI is InChI=1S/C22H23N3O3S2/c1-17-16-29-22(23-17)25(19-10-4-2-5-11-19)21(26)18-9-8-14-24(15-18)30(27,28)20-12-6-3-7-13-20/h2-7,10-13,16,18H,8-9,14-15H2,1H3. The first-order chi connectivity index (χ1) is 14.5. The van der Waals surface area contributed by atoms with Crippen molar-refractivity contribution in [1.82, 2.24) is 9.29 Å². The Morgan fingerprint density at radius 1 is 1.10 bits per heavy atom. The molecular formula is C22H23N3O3S2. The number of hydrogen-bond acceptors (Lipinski definition) is 5. The van der Waals surface area contributed by atoms with Crippen molar-refractivity contribution in [3.05, 3.63) is 71.7 Å². The molecule has 3 aromatic rings. The van der Waals surface area contributed by atoms with Gasteiger partial charge in [0.2, 0.25) is 15.9 Å². The summed E-state index contributed by atoms with van der Waals surface area (Å²) >= 11 is 1.41. The Hall–Kier alpha value is -2.55. The molecule has 1 aliphatic rings. The highest BCUT2D eigenvalue weighted by Gasteiger charge is 2.36. The second-order valence-electron chi connectivity index (χ2n) is 7.30. The van der Waals surface area contributed by atoms with Gasteiger partial charge >= 0.3 is 0 Å². The van der Waals surface area contributed by atoms with E-state index in [0.29, 0.717) is 24.5 Å². The molecule has 1 saturated heterocycles. The van der Waals surface area contributed by atoms with Gasteiger partial charge in [-0.15, -0.1) is 11.3 Å². The normalized spacial score (nSPS) is 17.6. The summed E-state index contributed by atoms with van der Waals surface area (Å²) in [5.41, 5.74) is 1.58. The summed E-state index contributed by atoms with van der Waals surface area (Å²) in [5.74, 6) is -0.551. The maximum atomic E-state index is 13.6. The van der Waals surface area contributed by atoms with Crippen LogP contribution in [0.3, 0.4) is 0 Å². The second kappa shape index (κ2) is 8.67. The van der Waals surface area contributed by atoms with E-state index in [4.69, 9.17) is 0 Å². The summed E-state index contributed by atoms with van der Waals surface area (Å²) in [4.78, 5) is 20.0. The summed E-state index contributed by atoms with van der Waals surface area (Å²) in [6.45, 7) is 2.48. The van der Waals surface area contributed by atoms with Crippen LogP contribution in [0.4, 0.5) is 10.8 Å². The third-order valence-electron chi connectivity index (χ3n) is 5.15. The molecule has 0 saturated carbocycles. The van der Waals surface area contributed by atoms with Gasteiger partial charge in [-0.25, -0.2) is 13.4 Å². The summed E-state index contributed by atoms with van der Waals surface area (Å²) in [6, 6.07) is 17.8. The third-order valence-corrected chi connectivity index (χ3v) is 7.97. The molecule has 1 aromatic heterocycles. The minimum Gasteiger partial charge on any atom is -0.274 e. The maximum absolute atomic E-state index is 13.6. The predicted octanol–water partition coefficient (Wildman–Crippen LogP) is 4.22. The molecule has 6 nitrogen and oxygen atoms in total. The van der Waals surface area contributed by atoms with Crippen molar-refractivity contribution in [1.29, 1.82) is 0 Å². The molecule has 0 aliphatic carbocycles. The SMILES string of the molecule is Cc1csc(N(C(=O)C2CCCN(S(=O)(=O)c3ccccc3)C2)c2ccccc2)n1. The van der Waals surface area contributed by atoms with E-state index in [1.165, 1.54) is 15.6 Å². The number of amides is 1. The van der Waals surface area contributed by atoms with Gasteiger partial charge < -0.3 is 0 Å². The zero-order chi connectivity index (χ0) is 21.1. The van der Waals surface area contributed by atoms with E-state index in [0.717, 1.165) is 11.4 Å². The van der Waals surface area contributed by atoms with E-state index in [1.54, 1.807) is 35.2 Å².